The third-order valence-electron chi connectivity index (χ3n) is 4.47. The molecule has 3 rings (SSSR count). The largest absolute Gasteiger partial charge is 0.312 e. The van der Waals surface area contributed by atoms with E-state index in [1.54, 1.807) is 0 Å². The zero-order valence-electron chi connectivity index (χ0n) is 13.8. The van der Waals surface area contributed by atoms with Crippen molar-refractivity contribution in [1.82, 2.24) is 10.9 Å². The number of carbonyl (C=O) groups is 3. The van der Waals surface area contributed by atoms with E-state index in [2.05, 4.69) is 10.9 Å². The molecule has 1 aromatic carbocycles. The number of nitrogens with zero attached hydrogens (tertiary/aromatic N) is 1. The molecular weight excluding hydrogens is 382 g/mol. The Labute approximate surface area is 155 Å². The van der Waals surface area contributed by atoms with Crippen molar-refractivity contribution in [2.45, 2.75) is 19.3 Å². The van der Waals surface area contributed by atoms with Gasteiger partial charge >= 0.3 is 0 Å². The van der Waals surface area contributed by atoms with Gasteiger partial charge in [-0.25, -0.2) is 8.42 Å². The first-order valence-electron chi connectivity index (χ1n) is 8.17. The molecule has 0 aromatic heterocycles. The number of anilines is 1. The van der Waals surface area contributed by atoms with Gasteiger partial charge in [0.25, 0.3) is 5.91 Å². The van der Waals surface area contributed by atoms with Gasteiger partial charge in [-0.3, -0.25) is 25.2 Å². The van der Waals surface area contributed by atoms with Gasteiger partial charge in [-0.15, -0.1) is 0 Å². The maximum Gasteiger partial charge on any atom is 0.271 e. The molecular formula is C16H18ClN3O5S. The fourth-order valence-electron chi connectivity index (χ4n) is 3.11. The topological polar surface area (TPSA) is 113 Å². The lowest BCUT2D eigenvalue weighted by molar-refractivity contribution is -0.125. The Morgan fingerprint density at radius 3 is 2.62 bits per heavy atom. The number of hydrazine groups is 1. The van der Waals surface area contributed by atoms with Crippen molar-refractivity contribution < 1.29 is 22.8 Å². The molecule has 26 heavy (non-hydrogen) atoms. The number of hydrogen-bond donors (Lipinski definition) is 2. The van der Waals surface area contributed by atoms with Gasteiger partial charge in [-0.1, -0.05) is 11.6 Å². The van der Waals surface area contributed by atoms with E-state index in [-0.39, 0.29) is 29.4 Å². The SMILES string of the molecule is O=C(NNC(=O)[C@@H]1CCS(=O)(=O)C1)c1ccc(Cl)cc1N1CCCC1=O. The Morgan fingerprint density at radius 2 is 2.00 bits per heavy atom. The number of rotatable bonds is 3. The molecule has 0 radical (unpaired) electrons. The lowest BCUT2D eigenvalue weighted by atomic mass is 10.1. The summed E-state index contributed by atoms with van der Waals surface area (Å²) >= 11 is 5.99. The van der Waals surface area contributed by atoms with Crippen molar-refractivity contribution in [2.24, 2.45) is 5.92 Å². The van der Waals surface area contributed by atoms with Gasteiger partial charge in [0.15, 0.2) is 9.84 Å². The summed E-state index contributed by atoms with van der Waals surface area (Å²) in [7, 11) is -3.19. The van der Waals surface area contributed by atoms with E-state index in [1.165, 1.54) is 23.1 Å². The first-order valence-corrected chi connectivity index (χ1v) is 10.4. The first kappa shape index (κ1) is 18.7. The normalized spacial score (nSPS) is 21.7. The molecule has 3 amide bonds. The van der Waals surface area contributed by atoms with Gasteiger partial charge in [0, 0.05) is 18.0 Å². The van der Waals surface area contributed by atoms with Crippen LogP contribution in [0.25, 0.3) is 0 Å². The van der Waals surface area contributed by atoms with E-state index in [1.807, 2.05) is 0 Å². The fraction of sp³-hybridized carbons (Fsp3) is 0.438. The van der Waals surface area contributed by atoms with E-state index >= 15 is 0 Å². The summed E-state index contributed by atoms with van der Waals surface area (Å²) in [6.07, 6.45) is 1.33. The second kappa shape index (κ2) is 7.24. The third-order valence-corrected chi connectivity index (χ3v) is 6.47. The van der Waals surface area contributed by atoms with Crippen LogP contribution in [0.15, 0.2) is 18.2 Å². The first-order chi connectivity index (χ1) is 12.3. The molecule has 8 nitrogen and oxygen atoms in total. The van der Waals surface area contributed by atoms with Gasteiger partial charge in [-0.05, 0) is 31.0 Å². The summed E-state index contributed by atoms with van der Waals surface area (Å²) in [5.41, 5.74) is 5.13. The molecule has 0 bridgehead atoms. The zero-order chi connectivity index (χ0) is 18.9. The van der Waals surface area contributed by atoms with Crippen molar-refractivity contribution in [1.29, 1.82) is 0 Å². The van der Waals surface area contributed by atoms with Gasteiger partial charge in [0.05, 0.1) is 28.7 Å². The highest BCUT2D eigenvalue weighted by atomic mass is 35.5. The van der Waals surface area contributed by atoms with Crippen LogP contribution >= 0.6 is 11.6 Å². The van der Waals surface area contributed by atoms with Crippen molar-refractivity contribution >= 4 is 44.8 Å². The fourth-order valence-corrected chi connectivity index (χ4v) is 5.02. The molecule has 0 unspecified atom stereocenters. The number of halogens is 1. The summed E-state index contributed by atoms with van der Waals surface area (Å²) in [6.45, 7) is 0.492. The van der Waals surface area contributed by atoms with E-state index in [4.69, 9.17) is 11.6 Å². The minimum Gasteiger partial charge on any atom is -0.312 e. The number of hydrogen-bond acceptors (Lipinski definition) is 5. The van der Waals surface area contributed by atoms with Crippen molar-refractivity contribution in [3.8, 4) is 0 Å². The van der Waals surface area contributed by atoms with E-state index in [9.17, 15) is 22.8 Å². The Balaban J connectivity index is 1.70. The minimum atomic E-state index is -3.19. The monoisotopic (exact) mass is 399 g/mol. The van der Waals surface area contributed by atoms with Gasteiger partial charge in [0.1, 0.15) is 0 Å². The smallest absolute Gasteiger partial charge is 0.271 e. The number of nitrogens with one attached hydrogen (secondary N) is 2. The molecule has 10 heteroatoms. The molecule has 2 heterocycles. The second-order valence-corrected chi connectivity index (χ2v) is 9.02. The lowest BCUT2D eigenvalue weighted by Gasteiger charge is -2.20. The van der Waals surface area contributed by atoms with E-state index < -0.39 is 27.6 Å². The van der Waals surface area contributed by atoms with Crippen LogP contribution in [0.4, 0.5) is 5.69 Å². The molecule has 2 N–H and O–H groups in total. The number of carbonyl (C=O) groups excluding carboxylic acids is 3. The summed E-state index contributed by atoms with van der Waals surface area (Å²) in [5.74, 6) is -2.18. The lowest BCUT2D eigenvalue weighted by Crippen LogP contribution is -2.45. The molecule has 140 valence electrons. The van der Waals surface area contributed by atoms with Crippen LogP contribution < -0.4 is 15.8 Å². The maximum absolute atomic E-state index is 12.5. The van der Waals surface area contributed by atoms with Crippen LogP contribution in [0.3, 0.4) is 0 Å². The van der Waals surface area contributed by atoms with Gasteiger partial charge in [0.2, 0.25) is 11.8 Å². The van der Waals surface area contributed by atoms with Crippen LogP contribution in [0.5, 0.6) is 0 Å². The average Bonchev–Trinajstić information content (AvgIpc) is 3.17. The molecule has 0 saturated carbocycles. The predicted octanol–water partition coefficient (Wildman–Crippen LogP) is 0.663. The van der Waals surface area contributed by atoms with Crippen molar-refractivity contribution in [2.75, 3.05) is 23.0 Å². The summed E-state index contributed by atoms with van der Waals surface area (Å²) in [6, 6.07) is 4.53. The van der Waals surface area contributed by atoms with E-state index in [0.717, 1.165) is 0 Å². The number of sulfone groups is 1. The van der Waals surface area contributed by atoms with Crippen LogP contribution in [-0.2, 0) is 19.4 Å². The number of amides is 3. The highest BCUT2D eigenvalue weighted by Gasteiger charge is 2.33. The van der Waals surface area contributed by atoms with Gasteiger partial charge in [-0.2, -0.15) is 0 Å². The molecule has 2 fully saturated rings. The average molecular weight is 400 g/mol. The highest BCUT2D eigenvalue weighted by molar-refractivity contribution is 7.91. The summed E-state index contributed by atoms with van der Waals surface area (Å²) in [5, 5.41) is 0.386. The molecule has 2 saturated heterocycles. The molecule has 0 aliphatic carbocycles. The molecule has 1 atom stereocenters. The van der Waals surface area contributed by atoms with Crippen molar-refractivity contribution in [3.05, 3.63) is 28.8 Å². The molecule has 2 aliphatic heterocycles. The summed E-state index contributed by atoms with van der Waals surface area (Å²) < 4.78 is 22.9. The van der Waals surface area contributed by atoms with Crippen molar-refractivity contribution in [3.63, 3.8) is 0 Å². The second-order valence-electron chi connectivity index (χ2n) is 6.35. The quantitative estimate of drug-likeness (QED) is 0.725. The zero-order valence-corrected chi connectivity index (χ0v) is 15.4. The standard InChI is InChI=1S/C16H18ClN3O5S/c17-11-3-4-12(13(8-11)20-6-1-2-14(20)21)16(23)19-18-15(22)10-5-7-26(24,25)9-10/h3-4,8,10H,1-2,5-7,9H2,(H,18,22)(H,19,23)/t10-/m1/s1. The Morgan fingerprint density at radius 1 is 1.23 bits per heavy atom. The molecule has 0 spiro atoms. The highest BCUT2D eigenvalue weighted by Crippen LogP contribution is 2.28. The van der Waals surface area contributed by atoms with Crippen LogP contribution in [0.2, 0.25) is 5.02 Å². The molecule has 2 aliphatic rings. The summed E-state index contributed by atoms with van der Waals surface area (Å²) in [4.78, 5) is 38.0. The Bertz CT molecular complexity index is 871. The van der Waals surface area contributed by atoms with E-state index in [0.29, 0.717) is 30.1 Å². The van der Waals surface area contributed by atoms with Crippen LogP contribution in [-0.4, -0.2) is 44.2 Å². The Hall–Kier alpha value is -2.13. The van der Waals surface area contributed by atoms with Crippen LogP contribution in [0.1, 0.15) is 29.6 Å². The maximum atomic E-state index is 12.5. The van der Waals surface area contributed by atoms with Gasteiger partial charge < -0.3 is 4.90 Å². The minimum absolute atomic E-state index is 0.0303. The van der Waals surface area contributed by atoms with Crippen LogP contribution in [0, 0.1) is 5.92 Å². The Kier molecular flexibility index (Phi) is 5.19. The molecule has 1 aromatic rings. The number of benzene rings is 1. The predicted molar refractivity (Wildman–Crippen MR) is 95.4 cm³/mol. The third kappa shape index (κ3) is 3.99.